The van der Waals surface area contributed by atoms with Crippen LogP contribution in [0.3, 0.4) is 0 Å². The number of carbonyl (C=O) groups excluding carboxylic acids is 1. The summed E-state index contributed by atoms with van der Waals surface area (Å²) >= 11 is 0. The van der Waals surface area contributed by atoms with E-state index < -0.39 is 0 Å². The molecular formula is C10H21NO2. The van der Waals surface area contributed by atoms with E-state index in [1.165, 1.54) is 0 Å². The summed E-state index contributed by atoms with van der Waals surface area (Å²) in [5.74, 6) is -0.122. The monoisotopic (exact) mass is 187 g/mol. The van der Waals surface area contributed by atoms with Crippen LogP contribution in [0.4, 0.5) is 0 Å². The second kappa shape index (κ2) is 8.05. The predicted octanol–water partition coefficient (Wildman–Crippen LogP) is 1.58. The highest BCUT2D eigenvalue weighted by Crippen LogP contribution is 1.97. The molecule has 0 aliphatic rings. The molecule has 0 aliphatic carbocycles. The van der Waals surface area contributed by atoms with Crippen molar-refractivity contribution in [2.24, 2.45) is 5.92 Å². The highest BCUT2D eigenvalue weighted by Gasteiger charge is 2.12. The molecule has 1 unspecified atom stereocenters. The Morgan fingerprint density at radius 2 is 2.08 bits per heavy atom. The van der Waals surface area contributed by atoms with Gasteiger partial charge in [-0.05, 0) is 19.4 Å². The molecule has 3 nitrogen and oxygen atoms in total. The van der Waals surface area contributed by atoms with Crippen LogP contribution in [0, 0.1) is 5.92 Å². The van der Waals surface area contributed by atoms with Gasteiger partial charge in [-0.15, -0.1) is 0 Å². The topological polar surface area (TPSA) is 38.3 Å². The molecule has 0 aliphatic heterocycles. The molecule has 0 aromatic carbocycles. The Kier molecular flexibility index (Phi) is 7.69. The first kappa shape index (κ1) is 12.4. The summed E-state index contributed by atoms with van der Waals surface area (Å²) in [4.78, 5) is 11.2. The molecular weight excluding hydrogens is 166 g/mol. The van der Waals surface area contributed by atoms with Crippen molar-refractivity contribution in [2.75, 3.05) is 19.7 Å². The third-order valence-electron chi connectivity index (χ3n) is 1.73. The van der Waals surface area contributed by atoms with Gasteiger partial charge in [0.2, 0.25) is 0 Å². The summed E-state index contributed by atoms with van der Waals surface area (Å²) in [7, 11) is 0. The van der Waals surface area contributed by atoms with Gasteiger partial charge in [0.1, 0.15) is 0 Å². The summed E-state index contributed by atoms with van der Waals surface area (Å²) in [5.41, 5.74) is 0. The molecule has 0 saturated heterocycles. The van der Waals surface area contributed by atoms with Gasteiger partial charge in [0.25, 0.3) is 0 Å². The molecule has 0 bridgehead atoms. The van der Waals surface area contributed by atoms with E-state index in [0.29, 0.717) is 6.61 Å². The average molecular weight is 187 g/mol. The van der Waals surface area contributed by atoms with Crippen molar-refractivity contribution in [3.63, 3.8) is 0 Å². The fourth-order valence-corrected chi connectivity index (χ4v) is 0.924. The van der Waals surface area contributed by atoms with E-state index in [0.717, 1.165) is 25.9 Å². The molecule has 0 aromatic rings. The van der Waals surface area contributed by atoms with Crippen molar-refractivity contribution in [3.05, 3.63) is 0 Å². The molecule has 0 aromatic heterocycles. The zero-order valence-electron chi connectivity index (χ0n) is 8.93. The average Bonchev–Trinajstić information content (AvgIpc) is 2.14. The van der Waals surface area contributed by atoms with Gasteiger partial charge in [0.05, 0.1) is 12.5 Å². The molecule has 78 valence electrons. The number of ether oxygens (including phenoxy) is 1. The maximum absolute atomic E-state index is 11.2. The minimum absolute atomic E-state index is 0.0295. The first-order valence-electron chi connectivity index (χ1n) is 5.09. The smallest absolute Gasteiger partial charge is 0.309 e. The molecule has 0 heterocycles. The van der Waals surface area contributed by atoms with E-state index in [2.05, 4.69) is 12.2 Å². The Morgan fingerprint density at radius 3 is 2.62 bits per heavy atom. The largest absolute Gasteiger partial charge is 0.465 e. The van der Waals surface area contributed by atoms with E-state index in [9.17, 15) is 4.79 Å². The lowest BCUT2D eigenvalue weighted by Gasteiger charge is -2.11. The number of carbonyl (C=O) groups is 1. The van der Waals surface area contributed by atoms with Crippen molar-refractivity contribution in [2.45, 2.75) is 33.6 Å². The van der Waals surface area contributed by atoms with Crippen molar-refractivity contribution < 1.29 is 9.53 Å². The molecule has 0 saturated carbocycles. The summed E-state index contributed by atoms with van der Waals surface area (Å²) in [5, 5.41) is 3.19. The van der Waals surface area contributed by atoms with Crippen LogP contribution in [-0.2, 0) is 9.53 Å². The Bertz CT molecular complexity index is 137. The van der Waals surface area contributed by atoms with E-state index in [1.54, 1.807) is 0 Å². The van der Waals surface area contributed by atoms with Gasteiger partial charge in [-0.2, -0.15) is 0 Å². The maximum atomic E-state index is 11.2. The Labute approximate surface area is 80.8 Å². The first-order valence-corrected chi connectivity index (χ1v) is 5.09. The van der Waals surface area contributed by atoms with Crippen molar-refractivity contribution in [1.82, 2.24) is 5.32 Å². The fraction of sp³-hybridized carbons (Fsp3) is 0.900. The molecule has 0 spiro atoms. The Hall–Kier alpha value is -0.570. The van der Waals surface area contributed by atoms with Crippen LogP contribution in [0.2, 0.25) is 0 Å². The minimum Gasteiger partial charge on any atom is -0.465 e. The quantitative estimate of drug-likeness (QED) is 0.485. The maximum Gasteiger partial charge on any atom is 0.309 e. The third kappa shape index (κ3) is 6.58. The van der Waals surface area contributed by atoms with Crippen LogP contribution >= 0.6 is 0 Å². The first-order chi connectivity index (χ1) is 6.22. The van der Waals surface area contributed by atoms with Crippen molar-refractivity contribution in [3.8, 4) is 0 Å². The lowest BCUT2D eigenvalue weighted by molar-refractivity contribution is -0.147. The van der Waals surface area contributed by atoms with Gasteiger partial charge in [0, 0.05) is 6.54 Å². The molecule has 0 amide bonds. The summed E-state index contributed by atoms with van der Waals surface area (Å²) < 4.78 is 5.00. The number of esters is 1. The SMILES string of the molecule is CCCNCC(C)C(=O)OCCC. The van der Waals surface area contributed by atoms with Gasteiger partial charge in [-0.25, -0.2) is 0 Å². The van der Waals surface area contributed by atoms with Crippen LogP contribution in [0.25, 0.3) is 0 Å². The van der Waals surface area contributed by atoms with Gasteiger partial charge >= 0.3 is 5.97 Å². The molecule has 3 heteroatoms. The van der Waals surface area contributed by atoms with Crippen LogP contribution in [-0.4, -0.2) is 25.7 Å². The molecule has 0 rings (SSSR count). The van der Waals surface area contributed by atoms with Gasteiger partial charge in [-0.1, -0.05) is 20.8 Å². The van der Waals surface area contributed by atoms with Crippen LogP contribution in [0.15, 0.2) is 0 Å². The number of rotatable bonds is 7. The predicted molar refractivity (Wildman–Crippen MR) is 53.6 cm³/mol. The zero-order chi connectivity index (χ0) is 10.1. The number of nitrogens with one attached hydrogen (secondary N) is 1. The lowest BCUT2D eigenvalue weighted by atomic mass is 10.2. The molecule has 0 fully saturated rings. The van der Waals surface area contributed by atoms with Crippen LogP contribution < -0.4 is 5.32 Å². The van der Waals surface area contributed by atoms with Crippen LogP contribution in [0.5, 0.6) is 0 Å². The van der Waals surface area contributed by atoms with E-state index in [4.69, 9.17) is 4.74 Å². The van der Waals surface area contributed by atoms with Crippen LogP contribution in [0.1, 0.15) is 33.6 Å². The minimum atomic E-state index is -0.0922. The number of hydrogen-bond acceptors (Lipinski definition) is 3. The fourth-order valence-electron chi connectivity index (χ4n) is 0.924. The Morgan fingerprint density at radius 1 is 1.38 bits per heavy atom. The second-order valence-corrected chi connectivity index (χ2v) is 3.27. The zero-order valence-corrected chi connectivity index (χ0v) is 8.93. The molecule has 13 heavy (non-hydrogen) atoms. The third-order valence-corrected chi connectivity index (χ3v) is 1.73. The van der Waals surface area contributed by atoms with Gasteiger partial charge in [-0.3, -0.25) is 4.79 Å². The van der Waals surface area contributed by atoms with E-state index in [-0.39, 0.29) is 11.9 Å². The molecule has 1 N–H and O–H groups in total. The summed E-state index contributed by atoms with van der Waals surface area (Å²) in [6, 6.07) is 0. The normalized spacial score (nSPS) is 12.5. The highest BCUT2D eigenvalue weighted by molar-refractivity contribution is 5.72. The van der Waals surface area contributed by atoms with Crippen molar-refractivity contribution >= 4 is 5.97 Å². The summed E-state index contributed by atoms with van der Waals surface area (Å²) in [6.07, 6.45) is 1.98. The summed E-state index contributed by atoms with van der Waals surface area (Å²) in [6.45, 7) is 8.21. The Balaban J connectivity index is 3.45. The standard InChI is InChI=1S/C10H21NO2/c1-4-6-11-8-9(3)10(12)13-7-5-2/h9,11H,4-8H2,1-3H3. The molecule has 0 radical (unpaired) electrons. The number of hydrogen-bond donors (Lipinski definition) is 1. The van der Waals surface area contributed by atoms with Gasteiger partial charge < -0.3 is 10.1 Å². The lowest BCUT2D eigenvalue weighted by Crippen LogP contribution is -2.28. The highest BCUT2D eigenvalue weighted by atomic mass is 16.5. The van der Waals surface area contributed by atoms with E-state index in [1.807, 2.05) is 13.8 Å². The van der Waals surface area contributed by atoms with Crippen molar-refractivity contribution in [1.29, 1.82) is 0 Å². The molecule has 1 atom stereocenters. The van der Waals surface area contributed by atoms with Gasteiger partial charge in [0.15, 0.2) is 0 Å². The van der Waals surface area contributed by atoms with E-state index >= 15 is 0 Å². The second-order valence-electron chi connectivity index (χ2n) is 3.27.